The van der Waals surface area contributed by atoms with Gasteiger partial charge in [-0.3, -0.25) is 4.79 Å². The van der Waals surface area contributed by atoms with Crippen LogP contribution in [0.25, 0.3) is 16.9 Å². The number of carbonyl (C=O) groups excluding carboxylic acids is 1. The van der Waals surface area contributed by atoms with Crippen molar-refractivity contribution in [2.24, 2.45) is 0 Å². The van der Waals surface area contributed by atoms with Crippen LogP contribution in [0, 0.1) is 12.7 Å². The van der Waals surface area contributed by atoms with Crippen LogP contribution in [0.4, 0.5) is 4.39 Å². The highest BCUT2D eigenvalue weighted by Gasteiger charge is 2.29. The van der Waals surface area contributed by atoms with Gasteiger partial charge in [0.2, 0.25) is 0 Å². The van der Waals surface area contributed by atoms with Gasteiger partial charge in [-0.2, -0.15) is 9.78 Å². The maximum atomic E-state index is 13.5. The van der Waals surface area contributed by atoms with Gasteiger partial charge in [0.05, 0.1) is 27.7 Å². The van der Waals surface area contributed by atoms with Crippen LogP contribution < -0.4 is 5.32 Å². The van der Waals surface area contributed by atoms with Crippen LogP contribution in [0.1, 0.15) is 59.0 Å². The molecule has 162 valence electrons. The van der Waals surface area contributed by atoms with Gasteiger partial charge in [0, 0.05) is 17.8 Å². The highest BCUT2D eigenvalue weighted by Crippen LogP contribution is 2.40. The lowest BCUT2D eigenvalue weighted by atomic mass is 10.0. The Balaban J connectivity index is 1.57. The fourth-order valence-electron chi connectivity index (χ4n) is 3.85. The molecular weight excluding hydrogens is 429 g/mol. The van der Waals surface area contributed by atoms with E-state index in [4.69, 9.17) is 16.6 Å². The third-order valence-electron chi connectivity index (χ3n) is 5.73. The summed E-state index contributed by atoms with van der Waals surface area (Å²) in [4.78, 5) is 22.6. The summed E-state index contributed by atoms with van der Waals surface area (Å²) in [7, 11) is 0. The Morgan fingerprint density at radius 2 is 2.06 bits per heavy atom. The minimum absolute atomic E-state index is 0.0263. The van der Waals surface area contributed by atoms with Crippen LogP contribution in [0.5, 0.6) is 0 Å². The molecule has 1 N–H and O–H groups in total. The van der Waals surface area contributed by atoms with Gasteiger partial charge in [-0.1, -0.05) is 23.7 Å². The van der Waals surface area contributed by atoms with Gasteiger partial charge in [-0.05, 0) is 62.6 Å². The van der Waals surface area contributed by atoms with Gasteiger partial charge >= 0.3 is 0 Å². The zero-order valence-electron chi connectivity index (χ0n) is 17.6. The first-order valence-electron chi connectivity index (χ1n) is 10.5. The molecule has 1 aromatic carbocycles. The SMILES string of the molecule is Cc1nn(-c2ccccn2)c2nc(C3CC3)cc(C(=O)NC(C)c3ccc(F)c(Cl)c3)c12. The second-order valence-corrected chi connectivity index (χ2v) is 8.53. The Kier molecular flexibility index (Phi) is 5.13. The summed E-state index contributed by atoms with van der Waals surface area (Å²) in [5, 5.41) is 8.37. The van der Waals surface area contributed by atoms with E-state index < -0.39 is 5.82 Å². The number of nitrogens with one attached hydrogen (secondary N) is 1. The van der Waals surface area contributed by atoms with Crippen molar-refractivity contribution in [2.75, 3.05) is 0 Å². The van der Waals surface area contributed by atoms with Crippen molar-refractivity contribution in [1.82, 2.24) is 25.1 Å². The number of aryl methyl sites for hydroxylation is 1. The molecule has 1 saturated carbocycles. The number of nitrogens with zero attached hydrogens (tertiary/aromatic N) is 4. The Morgan fingerprint density at radius 1 is 1.25 bits per heavy atom. The maximum Gasteiger partial charge on any atom is 0.252 e. The van der Waals surface area contributed by atoms with E-state index >= 15 is 0 Å². The van der Waals surface area contributed by atoms with Crippen molar-refractivity contribution in [2.45, 2.75) is 38.6 Å². The highest BCUT2D eigenvalue weighted by molar-refractivity contribution is 6.30. The van der Waals surface area contributed by atoms with E-state index in [9.17, 15) is 9.18 Å². The van der Waals surface area contributed by atoms with Gasteiger partial charge in [-0.15, -0.1) is 0 Å². The Morgan fingerprint density at radius 3 is 2.75 bits per heavy atom. The summed E-state index contributed by atoms with van der Waals surface area (Å²) >= 11 is 5.92. The fraction of sp³-hybridized carbons (Fsp3) is 0.250. The number of hydrogen-bond donors (Lipinski definition) is 1. The number of amides is 1. The van der Waals surface area contributed by atoms with Crippen LogP contribution in [-0.2, 0) is 0 Å². The van der Waals surface area contributed by atoms with Crippen LogP contribution in [-0.4, -0.2) is 25.7 Å². The molecule has 1 aliphatic carbocycles. The van der Waals surface area contributed by atoms with Crippen LogP contribution in [0.3, 0.4) is 0 Å². The van der Waals surface area contributed by atoms with E-state index in [1.807, 2.05) is 38.1 Å². The minimum Gasteiger partial charge on any atom is -0.345 e. The van der Waals surface area contributed by atoms with Crippen molar-refractivity contribution >= 4 is 28.5 Å². The molecule has 5 rings (SSSR count). The van der Waals surface area contributed by atoms with E-state index in [0.717, 1.165) is 24.1 Å². The topological polar surface area (TPSA) is 72.7 Å². The summed E-state index contributed by atoms with van der Waals surface area (Å²) in [6, 6.07) is 11.6. The lowest BCUT2D eigenvalue weighted by molar-refractivity contribution is 0.0941. The summed E-state index contributed by atoms with van der Waals surface area (Å²) in [5.41, 5.74) is 3.45. The van der Waals surface area contributed by atoms with Crippen LogP contribution in [0.15, 0.2) is 48.7 Å². The van der Waals surface area contributed by atoms with Gasteiger partial charge < -0.3 is 5.32 Å². The molecular formula is C24H21ClFN5O. The summed E-state index contributed by atoms with van der Waals surface area (Å²) < 4.78 is 15.2. The summed E-state index contributed by atoms with van der Waals surface area (Å²) in [5.74, 6) is 0.269. The average Bonchev–Trinajstić information content (AvgIpc) is 3.59. The lowest BCUT2D eigenvalue weighted by Crippen LogP contribution is -2.27. The van der Waals surface area contributed by atoms with Crippen LogP contribution >= 0.6 is 11.6 Å². The van der Waals surface area contributed by atoms with Crippen molar-refractivity contribution in [1.29, 1.82) is 0 Å². The normalized spacial score (nSPS) is 14.5. The number of hydrogen-bond acceptors (Lipinski definition) is 4. The molecule has 3 heterocycles. The fourth-order valence-corrected chi connectivity index (χ4v) is 4.04. The smallest absolute Gasteiger partial charge is 0.252 e. The molecule has 1 aliphatic rings. The Bertz CT molecular complexity index is 1330. The summed E-state index contributed by atoms with van der Waals surface area (Å²) in [6.45, 7) is 3.70. The molecule has 4 aromatic rings. The van der Waals surface area contributed by atoms with Gasteiger partial charge in [0.1, 0.15) is 5.82 Å². The molecule has 1 unspecified atom stereocenters. The molecule has 1 amide bonds. The molecule has 0 spiro atoms. The Hall–Kier alpha value is -3.32. The molecule has 0 bridgehead atoms. The first-order valence-corrected chi connectivity index (χ1v) is 10.9. The first kappa shape index (κ1) is 20.6. The van der Waals surface area contributed by atoms with Crippen molar-refractivity contribution < 1.29 is 9.18 Å². The van der Waals surface area contributed by atoms with Crippen LogP contribution in [0.2, 0.25) is 5.02 Å². The van der Waals surface area contributed by atoms with E-state index in [-0.39, 0.29) is 17.0 Å². The van der Waals surface area contributed by atoms with E-state index in [1.54, 1.807) is 16.9 Å². The number of aromatic nitrogens is 4. The zero-order valence-corrected chi connectivity index (χ0v) is 18.4. The molecule has 32 heavy (non-hydrogen) atoms. The molecule has 3 aromatic heterocycles. The quantitative estimate of drug-likeness (QED) is 0.449. The predicted molar refractivity (Wildman–Crippen MR) is 121 cm³/mol. The highest BCUT2D eigenvalue weighted by atomic mass is 35.5. The second-order valence-electron chi connectivity index (χ2n) is 8.12. The molecule has 0 radical (unpaired) electrons. The number of pyridine rings is 2. The van der Waals surface area contributed by atoms with E-state index in [1.165, 1.54) is 12.1 Å². The molecule has 1 atom stereocenters. The van der Waals surface area contributed by atoms with Crippen molar-refractivity contribution in [3.63, 3.8) is 0 Å². The maximum absolute atomic E-state index is 13.5. The molecule has 0 aliphatic heterocycles. The second kappa shape index (κ2) is 7.98. The average molecular weight is 450 g/mol. The zero-order chi connectivity index (χ0) is 22.4. The van der Waals surface area contributed by atoms with E-state index in [0.29, 0.717) is 34.0 Å². The van der Waals surface area contributed by atoms with Gasteiger partial charge in [0.15, 0.2) is 11.5 Å². The van der Waals surface area contributed by atoms with Gasteiger partial charge in [-0.25, -0.2) is 14.4 Å². The number of benzene rings is 1. The first-order chi connectivity index (χ1) is 15.4. The number of carbonyl (C=O) groups is 1. The standard InChI is InChI=1S/C24H21ClFN5O/c1-13(16-8-9-19(26)18(25)11-16)28-24(32)17-12-20(15-6-7-15)29-23-22(17)14(2)30-31(23)21-5-3-4-10-27-21/h3-5,8-13,15H,6-7H2,1-2H3,(H,28,32). The number of halogens is 2. The molecule has 1 fully saturated rings. The summed E-state index contributed by atoms with van der Waals surface area (Å²) in [6.07, 6.45) is 3.81. The molecule has 0 saturated heterocycles. The van der Waals surface area contributed by atoms with E-state index in [2.05, 4.69) is 15.4 Å². The largest absolute Gasteiger partial charge is 0.345 e. The Labute approximate surface area is 189 Å². The number of rotatable bonds is 5. The third-order valence-corrected chi connectivity index (χ3v) is 6.02. The molecule has 6 nitrogen and oxygen atoms in total. The molecule has 8 heteroatoms. The van der Waals surface area contributed by atoms with Gasteiger partial charge in [0.25, 0.3) is 5.91 Å². The third kappa shape index (κ3) is 3.73. The van der Waals surface area contributed by atoms with Crippen molar-refractivity contribution in [3.8, 4) is 5.82 Å². The number of fused-ring (bicyclic) bond motifs is 1. The minimum atomic E-state index is -0.489. The lowest BCUT2D eigenvalue weighted by Gasteiger charge is -2.16. The monoisotopic (exact) mass is 449 g/mol. The van der Waals surface area contributed by atoms with Crippen molar-refractivity contribution in [3.05, 3.63) is 82.0 Å². The predicted octanol–water partition coefficient (Wildman–Crippen LogP) is 5.28.